The Morgan fingerprint density at radius 1 is 1.47 bits per heavy atom. The molecule has 2 rings (SSSR count). The number of carbonyl (C=O) groups is 1. The first-order chi connectivity index (χ1) is 8.06. The van der Waals surface area contributed by atoms with Crippen molar-refractivity contribution in [1.29, 1.82) is 0 Å². The molecule has 1 aromatic carbocycles. The molecule has 0 unspecified atom stereocenters. The van der Waals surface area contributed by atoms with Crippen LogP contribution in [0.15, 0.2) is 29.4 Å². The molecular formula is C11H10FN3OS. The molecule has 0 atom stereocenters. The predicted molar refractivity (Wildman–Crippen MR) is 67.2 cm³/mol. The summed E-state index contributed by atoms with van der Waals surface area (Å²) in [6.45, 7) is 1.76. The molecule has 0 aliphatic carbocycles. The number of rotatable bonds is 1. The lowest BCUT2D eigenvalue weighted by Gasteiger charge is -2.14. The molecule has 0 spiro atoms. The van der Waals surface area contributed by atoms with E-state index in [1.165, 1.54) is 12.1 Å². The lowest BCUT2D eigenvalue weighted by molar-refractivity contribution is -0.124. The molecule has 0 saturated heterocycles. The first kappa shape index (κ1) is 11.7. The van der Waals surface area contributed by atoms with Gasteiger partial charge in [0.25, 0.3) is 5.91 Å². The van der Waals surface area contributed by atoms with Crippen molar-refractivity contribution in [2.45, 2.75) is 13.3 Å². The van der Waals surface area contributed by atoms with Crippen molar-refractivity contribution in [3.8, 4) is 0 Å². The molecule has 88 valence electrons. The maximum atomic E-state index is 12.7. The number of hydrogen-bond donors (Lipinski definition) is 1. The van der Waals surface area contributed by atoms with E-state index in [4.69, 9.17) is 12.2 Å². The van der Waals surface area contributed by atoms with Gasteiger partial charge in [-0.25, -0.2) is 4.39 Å². The van der Waals surface area contributed by atoms with Crippen molar-refractivity contribution >= 4 is 34.6 Å². The molecule has 1 aliphatic rings. The van der Waals surface area contributed by atoms with E-state index >= 15 is 0 Å². The van der Waals surface area contributed by atoms with Gasteiger partial charge in [0.05, 0.1) is 6.42 Å². The zero-order chi connectivity index (χ0) is 12.4. The number of hydrazone groups is 1. The van der Waals surface area contributed by atoms with E-state index in [9.17, 15) is 9.18 Å². The Balaban J connectivity index is 2.07. The van der Waals surface area contributed by atoms with Crippen LogP contribution in [0.4, 0.5) is 10.1 Å². The molecule has 1 heterocycles. The minimum atomic E-state index is -0.326. The Hall–Kier alpha value is -1.82. The minimum absolute atomic E-state index is 0.165. The van der Waals surface area contributed by atoms with Gasteiger partial charge < -0.3 is 5.32 Å². The number of nitrogens with one attached hydrogen (secondary N) is 1. The number of nitrogens with zero attached hydrogens (tertiary/aromatic N) is 2. The monoisotopic (exact) mass is 251 g/mol. The highest BCUT2D eigenvalue weighted by Gasteiger charge is 2.24. The van der Waals surface area contributed by atoms with E-state index in [1.807, 2.05) is 0 Å². The summed E-state index contributed by atoms with van der Waals surface area (Å²) in [5, 5.41) is 8.17. The molecule has 1 aliphatic heterocycles. The lowest BCUT2D eigenvalue weighted by atomic mass is 10.3. The van der Waals surface area contributed by atoms with E-state index in [0.717, 1.165) is 10.7 Å². The molecule has 0 saturated carbocycles. The summed E-state index contributed by atoms with van der Waals surface area (Å²) in [5.41, 5.74) is 1.34. The van der Waals surface area contributed by atoms with E-state index in [1.54, 1.807) is 19.1 Å². The fraction of sp³-hybridized carbons (Fsp3) is 0.182. The molecule has 4 nitrogen and oxygen atoms in total. The highest BCUT2D eigenvalue weighted by Crippen LogP contribution is 2.13. The van der Waals surface area contributed by atoms with Crippen LogP contribution in [0.3, 0.4) is 0 Å². The van der Waals surface area contributed by atoms with Crippen molar-refractivity contribution in [2.24, 2.45) is 5.10 Å². The average molecular weight is 251 g/mol. The van der Waals surface area contributed by atoms with Crippen LogP contribution in [0, 0.1) is 5.82 Å². The standard InChI is InChI=1S/C11H10FN3OS/c1-7-6-10(16)15(14-7)11(17)13-9-4-2-8(12)3-5-9/h2-5H,6H2,1H3,(H,13,17). The Morgan fingerprint density at radius 3 is 2.65 bits per heavy atom. The highest BCUT2D eigenvalue weighted by atomic mass is 32.1. The van der Waals surface area contributed by atoms with Crippen LogP contribution >= 0.6 is 12.2 Å². The summed E-state index contributed by atoms with van der Waals surface area (Å²) in [6, 6.07) is 5.70. The van der Waals surface area contributed by atoms with Gasteiger partial charge in [0.1, 0.15) is 5.82 Å². The molecular weight excluding hydrogens is 241 g/mol. The third-order valence-corrected chi connectivity index (χ3v) is 2.48. The second-order valence-electron chi connectivity index (χ2n) is 3.65. The van der Waals surface area contributed by atoms with Gasteiger partial charge in [-0.05, 0) is 43.4 Å². The van der Waals surface area contributed by atoms with Crippen LogP contribution < -0.4 is 5.32 Å². The van der Waals surface area contributed by atoms with Crippen LogP contribution in [-0.4, -0.2) is 21.7 Å². The van der Waals surface area contributed by atoms with Gasteiger partial charge in [0.15, 0.2) is 0 Å². The van der Waals surface area contributed by atoms with Gasteiger partial charge >= 0.3 is 0 Å². The number of thiocarbonyl (C=S) groups is 1. The largest absolute Gasteiger partial charge is 0.331 e. The van der Waals surface area contributed by atoms with Gasteiger partial charge in [-0.1, -0.05) is 0 Å². The highest BCUT2D eigenvalue weighted by molar-refractivity contribution is 7.80. The smallest absolute Gasteiger partial charge is 0.255 e. The Labute approximate surface area is 103 Å². The predicted octanol–water partition coefficient (Wildman–Crippen LogP) is 2.13. The third kappa shape index (κ3) is 2.65. The summed E-state index contributed by atoms with van der Waals surface area (Å²) < 4.78 is 12.7. The zero-order valence-corrected chi connectivity index (χ0v) is 9.92. The van der Waals surface area contributed by atoms with Gasteiger partial charge in [-0.3, -0.25) is 4.79 Å². The van der Waals surface area contributed by atoms with Gasteiger partial charge in [-0.15, -0.1) is 0 Å². The third-order valence-electron chi connectivity index (χ3n) is 2.20. The Kier molecular flexibility index (Phi) is 3.14. The SMILES string of the molecule is CC1=NN(C(=S)Nc2ccc(F)cc2)C(=O)C1. The topological polar surface area (TPSA) is 44.7 Å². The minimum Gasteiger partial charge on any atom is -0.331 e. The maximum absolute atomic E-state index is 12.7. The second-order valence-corrected chi connectivity index (χ2v) is 4.04. The Morgan fingerprint density at radius 2 is 2.12 bits per heavy atom. The van der Waals surface area contributed by atoms with Crippen molar-refractivity contribution in [2.75, 3.05) is 5.32 Å². The number of hydrogen-bond acceptors (Lipinski definition) is 3. The molecule has 6 heteroatoms. The van der Waals surface area contributed by atoms with Crippen LogP contribution in [-0.2, 0) is 4.79 Å². The molecule has 0 bridgehead atoms. The zero-order valence-electron chi connectivity index (χ0n) is 9.11. The number of benzene rings is 1. The fourth-order valence-corrected chi connectivity index (χ4v) is 1.68. The van der Waals surface area contributed by atoms with E-state index < -0.39 is 0 Å². The number of carbonyl (C=O) groups excluding carboxylic acids is 1. The summed E-state index contributed by atoms with van der Waals surface area (Å²) in [5.74, 6) is -0.491. The van der Waals surface area contributed by atoms with E-state index in [0.29, 0.717) is 5.69 Å². The Bertz CT molecular complexity index is 498. The quantitative estimate of drug-likeness (QED) is 0.778. The average Bonchev–Trinajstić information content (AvgIpc) is 2.61. The lowest BCUT2D eigenvalue weighted by Crippen LogP contribution is -2.32. The van der Waals surface area contributed by atoms with Crippen molar-refractivity contribution in [3.63, 3.8) is 0 Å². The number of anilines is 1. The molecule has 1 N–H and O–H groups in total. The first-order valence-electron chi connectivity index (χ1n) is 5.00. The van der Waals surface area contributed by atoms with E-state index in [2.05, 4.69) is 10.4 Å². The van der Waals surface area contributed by atoms with Crippen molar-refractivity contribution < 1.29 is 9.18 Å². The van der Waals surface area contributed by atoms with Gasteiger partial charge in [0, 0.05) is 11.4 Å². The van der Waals surface area contributed by atoms with Crippen molar-refractivity contribution in [1.82, 2.24) is 5.01 Å². The molecule has 0 fully saturated rings. The molecule has 1 aromatic rings. The van der Waals surface area contributed by atoms with Crippen LogP contribution in [0.2, 0.25) is 0 Å². The first-order valence-corrected chi connectivity index (χ1v) is 5.40. The summed E-state index contributed by atoms with van der Waals surface area (Å²) in [6.07, 6.45) is 0.283. The van der Waals surface area contributed by atoms with E-state index in [-0.39, 0.29) is 23.3 Å². The fourth-order valence-electron chi connectivity index (χ4n) is 1.42. The molecule has 0 radical (unpaired) electrons. The van der Waals surface area contributed by atoms with Crippen LogP contribution in [0.25, 0.3) is 0 Å². The number of halogens is 1. The van der Waals surface area contributed by atoms with Crippen molar-refractivity contribution in [3.05, 3.63) is 30.1 Å². The molecule has 0 aromatic heterocycles. The molecule has 1 amide bonds. The molecule has 17 heavy (non-hydrogen) atoms. The number of amides is 1. The van der Waals surface area contributed by atoms with Gasteiger partial charge in [0.2, 0.25) is 5.11 Å². The van der Waals surface area contributed by atoms with Gasteiger partial charge in [-0.2, -0.15) is 10.1 Å². The second kappa shape index (κ2) is 4.58. The summed E-state index contributed by atoms with van der Waals surface area (Å²) in [4.78, 5) is 11.5. The normalized spacial score (nSPS) is 14.8. The van der Waals surface area contributed by atoms with Crippen LogP contribution in [0.5, 0.6) is 0 Å². The van der Waals surface area contributed by atoms with Crippen LogP contribution in [0.1, 0.15) is 13.3 Å². The maximum Gasteiger partial charge on any atom is 0.255 e. The summed E-state index contributed by atoms with van der Waals surface area (Å²) >= 11 is 5.05. The summed E-state index contributed by atoms with van der Waals surface area (Å²) in [7, 11) is 0.